The predicted octanol–water partition coefficient (Wildman–Crippen LogP) is 2.66. The van der Waals surface area contributed by atoms with Crippen molar-refractivity contribution in [3.05, 3.63) is 47.3 Å². The highest BCUT2D eigenvalue weighted by Crippen LogP contribution is 2.24. The average Bonchev–Trinajstić information content (AvgIpc) is 3.25. The number of hydrogen-bond acceptors (Lipinski definition) is 5. The Morgan fingerprint density at radius 2 is 1.67 bits per heavy atom. The van der Waals surface area contributed by atoms with Gasteiger partial charge in [0, 0.05) is 51.2 Å². The molecule has 0 radical (unpaired) electrons. The smallest absolute Gasteiger partial charge is 0.272 e. The van der Waals surface area contributed by atoms with Crippen molar-refractivity contribution in [3.8, 4) is 0 Å². The van der Waals surface area contributed by atoms with Gasteiger partial charge < -0.3 is 14.7 Å². The maximum Gasteiger partial charge on any atom is 0.272 e. The number of carbonyl (C=O) groups is 1. The molecule has 2 aliphatic rings. The highest BCUT2D eigenvalue weighted by atomic mass is 16.2. The minimum absolute atomic E-state index is 0.0125. The van der Waals surface area contributed by atoms with Crippen LogP contribution in [-0.4, -0.2) is 60.0 Å². The lowest BCUT2D eigenvalue weighted by Crippen LogP contribution is -2.49. The number of nitrogens with zero attached hydrogens (tertiary/aromatic N) is 5. The lowest BCUT2D eigenvalue weighted by Gasteiger charge is -2.37. The first-order valence-electron chi connectivity index (χ1n) is 9.82. The molecule has 2 aliphatic heterocycles. The number of hydrogen-bond donors (Lipinski definition) is 0. The maximum absolute atomic E-state index is 12.9. The van der Waals surface area contributed by atoms with Gasteiger partial charge >= 0.3 is 0 Å². The Balaban J connectivity index is 1.43. The molecule has 1 aromatic heterocycles. The average molecular weight is 365 g/mol. The Hall–Kier alpha value is -2.63. The van der Waals surface area contributed by atoms with Gasteiger partial charge in [0.2, 0.25) is 5.95 Å². The zero-order valence-corrected chi connectivity index (χ0v) is 16.2. The molecule has 0 N–H and O–H groups in total. The summed E-state index contributed by atoms with van der Waals surface area (Å²) in [7, 11) is 0. The minimum atomic E-state index is 0.0125. The number of anilines is 2. The summed E-state index contributed by atoms with van der Waals surface area (Å²) in [5, 5.41) is 0. The first-order chi connectivity index (χ1) is 13.1. The van der Waals surface area contributed by atoms with E-state index in [2.05, 4.69) is 51.8 Å². The lowest BCUT2D eigenvalue weighted by atomic mass is 10.1. The zero-order valence-electron chi connectivity index (χ0n) is 16.2. The van der Waals surface area contributed by atoms with Crippen molar-refractivity contribution in [3.63, 3.8) is 0 Å². The van der Waals surface area contributed by atoms with E-state index in [0.717, 1.165) is 39.3 Å². The number of amides is 1. The molecule has 0 saturated carbocycles. The van der Waals surface area contributed by atoms with Gasteiger partial charge in [-0.2, -0.15) is 0 Å². The van der Waals surface area contributed by atoms with Gasteiger partial charge in [-0.05, 0) is 49.9 Å². The summed E-state index contributed by atoms with van der Waals surface area (Å²) in [4.78, 5) is 28.3. The molecule has 2 aromatic rings. The van der Waals surface area contributed by atoms with Crippen LogP contribution in [0.5, 0.6) is 0 Å². The number of aryl methyl sites for hydroxylation is 1. The Morgan fingerprint density at radius 1 is 0.926 bits per heavy atom. The summed E-state index contributed by atoms with van der Waals surface area (Å²) in [6.07, 6.45) is 4.05. The van der Waals surface area contributed by atoms with E-state index in [0.29, 0.717) is 11.6 Å². The third-order valence-corrected chi connectivity index (χ3v) is 5.73. The van der Waals surface area contributed by atoms with Crippen LogP contribution < -0.4 is 9.80 Å². The van der Waals surface area contributed by atoms with Crippen LogP contribution >= 0.6 is 0 Å². The normalized spacial score (nSPS) is 17.5. The summed E-state index contributed by atoms with van der Waals surface area (Å²) in [6.45, 7) is 9.40. The Labute approximate surface area is 160 Å². The summed E-state index contributed by atoms with van der Waals surface area (Å²) in [6, 6.07) is 8.16. The molecule has 4 rings (SSSR count). The highest BCUT2D eigenvalue weighted by Gasteiger charge is 2.25. The molecule has 142 valence electrons. The molecular formula is C21H27N5O. The van der Waals surface area contributed by atoms with Gasteiger partial charge in [-0.25, -0.2) is 9.97 Å². The van der Waals surface area contributed by atoms with Crippen molar-refractivity contribution in [2.24, 2.45) is 0 Å². The van der Waals surface area contributed by atoms with Crippen LogP contribution in [0.25, 0.3) is 0 Å². The second-order valence-corrected chi connectivity index (χ2v) is 7.43. The fraction of sp³-hybridized carbons (Fsp3) is 0.476. The molecule has 0 aliphatic carbocycles. The number of rotatable bonds is 3. The van der Waals surface area contributed by atoms with Crippen molar-refractivity contribution in [2.75, 3.05) is 49.1 Å². The van der Waals surface area contributed by atoms with E-state index in [9.17, 15) is 4.79 Å². The first kappa shape index (κ1) is 17.8. The van der Waals surface area contributed by atoms with E-state index in [-0.39, 0.29) is 5.91 Å². The monoisotopic (exact) mass is 365 g/mol. The van der Waals surface area contributed by atoms with Gasteiger partial charge in [-0.15, -0.1) is 0 Å². The lowest BCUT2D eigenvalue weighted by molar-refractivity contribution is 0.0740. The van der Waals surface area contributed by atoms with Crippen molar-refractivity contribution < 1.29 is 4.79 Å². The molecule has 0 atom stereocenters. The molecule has 1 aromatic carbocycles. The van der Waals surface area contributed by atoms with Gasteiger partial charge in [0.25, 0.3) is 5.91 Å². The molecular weight excluding hydrogens is 338 g/mol. The van der Waals surface area contributed by atoms with Crippen molar-refractivity contribution in [1.29, 1.82) is 0 Å². The quantitative estimate of drug-likeness (QED) is 0.837. The zero-order chi connectivity index (χ0) is 18.8. The minimum Gasteiger partial charge on any atom is -0.368 e. The SMILES string of the molecule is Cc1cccc(N2CCN(C(=O)c3ccnc(N4CCCC4)n3)CC2)c1C. The van der Waals surface area contributed by atoms with Gasteiger partial charge in [-0.1, -0.05) is 12.1 Å². The van der Waals surface area contributed by atoms with Crippen molar-refractivity contribution in [2.45, 2.75) is 26.7 Å². The second kappa shape index (κ2) is 7.55. The first-order valence-corrected chi connectivity index (χ1v) is 9.82. The van der Waals surface area contributed by atoms with E-state index in [1.54, 1.807) is 12.3 Å². The van der Waals surface area contributed by atoms with E-state index in [1.807, 2.05) is 4.90 Å². The van der Waals surface area contributed by atoms with Gasteiger partial charge in [0.05, 0.1) is 0 Å². The Morgan fingerprint density at radius 3 is 2.41 bits per heavy atom. The van der Waals surface area contributed by atoms with Crippen LogP contribution in [0.3, 0.4) is 0 Å². The maximum atomic E-state index is 12.9. The highest BCUT2D eigenvalue weighted by molar-refractivity contribution is 5.92. The Bertz CT molecular complexity index is 823. The number of piperazine rings is 1. The van der Waals surface area contributed by atoms with Gasteiger partial charge in [0.1, 0.15) is 5.69 Å². The third kappa shape index (κ3) is 3.61. The molecule has 27 heavy (non-hydrogen) atoms. The molecule has 6 heteroatoms. The molecule has 2 saturated heterocycles. The molecule has 0 spiro atoms. The number of carbonyl (C=O) groups excluding carboxylic acids is 1. The van der Waals surface area contributed by atoms with Gasteiger partial charge in [0.15, 0.2) is 0 Å². The predicted molar refractivity (Wildman–Crippen MR) is 108 cm³/mol. The molecule has 0 bridgehead atoms. The van der Waals surface area contributed by atoms with E-state index >= 15 is 0 Å². The fourth-order valence-corrected chi connectivity index (χ4v) is 3.93. The summed E-state index contributed by atoms with van der Waals surface area (Å²) in [5.74, 6) is 0.700. The van der Waals surface area contributed by atoms with Crippen molar-refractivity contribution in [1.82, 2.24) is 14.9 Å². The van der Waals surface area contributed by atoms with Crippen LogP contribution in [-0.2, 0) is 0 Å². The third-order valence-electron chi connectivity index (χ3n) is 5.73. The summed E-state index contributed by atoms with van der Waals surface area (Å²) < 4.78 is 0. The largest absolute Gasteiger partial charge is 0.368 e. The number of benzene rings is 1. The van der Waals surface area contributed by atoms with Crippen molar-refractivity contribution >= 4 is 17.5 Å². The van der Waals surface area contributed by atoms with E-state index < -0.39 is 0 Å². The van der Waals surface area contributed by atoms with Gasteiger partial charge in [-0.3, -0.25) is 4.79 Å². The van der Waals surface area contributed by atoms with Crippen LogP contribution in [0.15, 0.2) is 30.5 Å². The van der Waals surface area contributed by atoms with E-state index in [1.165, 1.54) is 29.7 Å². The van der Waals surface area contributed by atoms with Crippen LogP contribution in [0.4, 0.5) is 11.6 Å². The molecule has 1 amide bonds. The van der Waals surface area contributed by atoms with E-state index in [4.69, 9.17) is 0 Å². The standard InChI is InChI=1S/C21H27N5O/c1-16-6-5-7-19(17(16)2)24-12-14-25(15-13-24)20(27)18-8-9-22-21(23-18)26-10-3-4-11-26/h5-9H,3-4,10-15H2,1-2H3. The van der Waals surface area contributed by atoms with Crippen LogP contribution in [0.2, 0.25) is 0 Å². The number of aromatic nitrogens is 2. The summed E-state index contributed by atoms with van der Waals surface area (Å²) in [5.41, 5.74) is 4.41. The second-order valence-electron chi connectivity index (χ2n) is 7.43. The topological polar surface area (TPSA) is 52.6 Å². The van der Waals surface area contributed by atoms with Crippen LogP contribution in [0, 0.1) is 13.8 Å². The molecule has 2 fully saturated rings. The van der Waals surface area contributed by atoms with Crippen LogP contribution in [0.1, 0.15) is 34.5 Å². The molecule has 6 nitrogen and oxygen atoms in total. The Kier molecular flexibility index (Phi) is 4.97. The molecule has 3 heterocycles. The fourth-order valence-electron chi connectivity index (χ4n) is 3.93. The summed E-state index contributed by atoms with van der Waals surface area (Å²) >= 11 is 0. The molecule has 0 unspecified atom stereocenters.